The van der Waals surface area contributed by atoms with Gasteiger partial charge >= 0.3 is 7.46 Å². The molecule has 1 atom stereocenters. The highest BCUT2D eigenvalue weighted by Gasteiger charge is 2.23. The van der Waals surface area contributed by atoms with E-state index in [1.54, 1.807) is 4.90 Å². The zero-order valence-corrected chi connectivity index (χ0v) is 10.8. The standard InChI is InChI=1S/C9H16N2O.H2O4S/c1-4-10-7-6-8(3)11(5-2)9(10)12;1-5(2,3)4/h6-8H,4-5H2,1-3H3;(H2,1,2,3,4). The van der Waals surface area contributed by atoms with Crippen molar-refractivity contribution >= 4 is 16.4 Å². The summed E-state index contributed by atoms with van der Waals surface area (Å²) in [6.07, 6.45) is 3.92. The van der Waals surface area contributed by atoms with Crippen molar-refractivity contribution < 1.29 is 23.7 Å². The first-order chi connectivity index (χ1) is 7.70. The van der Waals surface area contributed by atoms with Crippen molar-refractivity contribution in [3.05, 3.63) is 12.3 Å². The maximum absolute atomic E-state index is 11.6. The van der Waals surface area contributed by atoms with E-state index in [0.29, 0.717) is 0 Å². The highest BCUT2D eigenvalue weighted by atomic mass is 32.3. The van der Waals surface area contributed by atoms with Gasteiger partial charge in [-0.15, -0.1) is 0 Å². The Hall–Kier alpha value is -1.12. The molecule has 0 bridgehead atoms. The largest absolute Gasteiger partial charge is 1.00 e. The Morgan fingerprint density at radius 2 is 1.94 bits per heavy atom. The molecule has 0 aromatic heterocycles. The van der Waals surface area contributed by atoms with E-state index in [0.717, 1.165) is 13.1 Å². The first-order valence-corrected chi connectivity index (χ1v) is 6.51. The van der Waals surface area contributed by atoms with Gasteiger partial charge in [0, 0.05) is 19.3 Å². The summed E-state index contributed by atoms with van der Waals surface area (Å²) >= 11 is 0. The van der Waals surface area contributed by atoms with E-state index < -0.39 is 10.4 Å². The molecule has 1 unspecified atom stereocenters. The van der Waals surface area contributed by atoms with Crippen LogP contribution in [0.25, 0.3) is 0 Å². The molecule has 1 N–H and O–H groups in total. The van der Waals surface area contributed by atoms with Gasteiger partial charge in [-0.1, -0.05) is 0 Å². The summed E-state index contributed by atoms with van der Waals surface area (Å²) in [6.45, 7) is 7.54. The second-order valence-electron chi connectivity index (χ2n) is 3.36. The number of nitrogens with zero attached hydrogens (tertiary/aromatic N) is 2. The van der Waals surface area contributed by atoms with Gasteiger partial charge < -0.3 is 14.4 Å². The van der Waals surface area contributed by atoms with E-state index in [4.69, 9.17) is 17.5 Å². The van der Waals surface area contributed by atoms with E-state index in [1.807, 2.05) is 31.9 Å². The Morgan fingerprint density at radius 3 is 2.29 bits per heavy atom. The normalized spacial score (nSPS) is 20.1. The SMILES string of the molecule is CCN1C=CC(C)N(CC)C1=O.O=S(=O)([O-])O.[H+]. The van der Waals surface area contributed by atoms with Crippen LogP contribution < -0.4 is 0 Å². The van der Waals surface area contributed by atoms with Crippen LogP contribution in [0, 0.1) is 0 Å². The number of hydrogen-bond donors (Lipinski definition) is 1. The lowest BCUT2D eigenvalue weighted by atomic mass is 10.2. The molecule has 0 saturated carbocycles. The molecule has 17 heavy (non-hydrogen) atoms. The van der Waals surface area contributed by atoms with E-state index >= 15 is 0 Å². The highest BCUT2D eigenvalue weighted by molar-refractivity contribution is 7.79. The number of carbonyl (C=O) groups excluding carboxylic acids is 1. The Labute approximate surface area is 103 Å². The minimum absolute atomic E-state index is 0. The van der Waals surface area contributed by atoms with E-state index in [2.05, 4.69) is 6.08 Å². The lowest BCUT2D eigenvalue weighted by Crippen LogP contribution is -2.47. The molecule has 0 radical (unpaired) electrons. The average Bonchev–Trinajstić information content (AvgIpc) is 2.16. The third-order valence-electron chi connectivity index (χ3n) is 2.21. The van der Waals surface area contributed by atoms with Gasteiger partial charge in [-0.2, -0.15) is 0 Å². The van der Waals surface area contributed by atoms with Gasteiger partial charge in [-0.05, 0) is 26.8 Å². The number of amides is 2. The smallest absolute Gasteiger partial charge is 0.726 e. The second kappa shape index (κ2) is 6.58. The molecule has 0 aliphatic carbocycles. The molecule has 8 heteroatoms. The summed E-state index contributed by atoms with van der Waals surface area (Å²) in [5, 5.41) is 0. The van der Waals surface area contributed by atoms with Crippen LogP contribution in [-0.4, -0.2) is 52.5 Å². The fraction of sp³-hybridized carbons (Fsp3) is 0.667. The zero-order valence-electron chi connectivity index (χ0n) is 11.0. The van der Waals surface area contributed by atoms with Crippen molar-refractivity contribution in [2.75, 3.05) is 13.1 Å². The van der Waals surface area contributed by atoms with Crippen LogP contribution in [0.1, 0.15) is 22.2 Å². The Bertz CT molecular complexity index is 376. The number of hydrogen-bond acceptors (Lipinski definition) is 4. The molecule has 1 rings (SSSR count). The van der Waals surface area contributed by atoms with Crippen molar-refractivity contribution in [2.45, 2.75) is 26.8 Å². The Morgan fingerprint density at radius 1 is 1.47 bits per heavy atom. The number of likely N-dealkylation sites (N-methyl/N-ethyl adjacent to an activating group) is 1. The minimum Gasteiger partial charge on any atom is -0.726 e. The van der Waals surface area contributed by atoms with Crippen molar-refractivity contribution in [3.63, 3.8) is 0 Å². The summed E-state index contributed by atoms with van der Waals surface area (Å²) in [5.74, 6) is 0. The lowest BCUT2D eigenvalue weighted by molar-refractivity contribution is 0.157. The summed E-state index contributed by atoms with van der Waals surface area (Å²) in [6, 6.07) is 0.361. The summed E-state index contributed by atoms with van der Waals surface area (Å²) in [4.78, 5) is 15.2. The van der Waals surface area contributed by atoms with Crippen molar-refractivity contribution in [1.82, 2.24) is 9.80 Å². The predicted octanol–water partition coefficient (Wildman–Crippen LogP) is 0.783. The van der Waals surface area contributed by atoms with Crippen LogP contribution in [-0.2, 0) is 10.4 Å². The van der Waals surface area contributed by atoms with Gasteiger partial charge in [-0.3, -0.25) is 4.55 Å². The molecule has 7 nitrogen and oxygen atoms in total. The predicted molar refractivity (Wildman–Crippen MR) is 62.2 cm³/mol. The molecule has 0 saturated heterocycles. The molecule has 100 valence electrons. The molecule has 0 aromatic rings. The quantitative estimate of drug-likeness (QED) is 0.588. The van der Waals surface area contributed by atoms with Crippen LogP contribution >= 0.6 is 0 Å². The van der Waals surface area contributed by atoms with Crippen molar-refractivity contribution in [3.8, 4) is 0 Å². The van der Waals surface area contributed by atoms with Crippen LogP contribution in [0.2, 0.25) is 0 Å². The molecule has 1 aliphatic rings. The van der Waals surface area contributed by atoms with Gasteiger partial charge in [0.15, 0.2) is 0 Å². The van der Waals surface area contributed by atoms with Gasteiger partial charge in [-0.25, -0.2) is 13.2 Å². The Kier molecular flexibility index (Phi) is 6.14. The topological polar surface area (TPSA) is 101 Å². The van der Waals surface area contributed by atoms with Crippen LogP contribution in [0.4, 0.5) is 4.79 Å². The third-order valence-corrected chi connectivity index (χ3v) is 2.21. The summed E-state index contributed by atoms with van der Waals surface area (Å²) < 4.78 is 32.8. The molecule has 0 spiro atoms. The summed E-state index contributed by atoms with van der Waals surface area (Å²) in [7, 11) is -4.92. The van der Waals surface area contributed by atoms with Gasteiger partial charge in [0.25, 0.3) is 0 Å². The molecule has 0 aromatic carbocycles. The van der Waals surface area contributed by atoms with E-state index in [1.165, 1.54) is 0 Å². The maximum Gasteiger partial charge on any atom is 1.00 e. The molecule has 0 fully saturated rings. The fourth-order valence-corrected chi connectivity index (χ4v) is 1.40. The van der Waals surface area contributed by atoms with Crippen LogP contribution in [0.5, 0.6) is 0 Å². The number of carbonyl (C=O) groups is 1. The van der Waals surface area contributed by atoms with Crippen molar-refractivity contribution in [2.24, 2.45) is 0 Å². The lowest BCUT2D eigenvalue weighted by Gasteiger charge is -2.34. The molecule has 2 amide bonds. The monoisotopic (exact) mass is 266 g/mol. The first kappa shape index (κ1) is 15.9. The fourth-order valence-electron chi connectivity index (χ4n) is 1.40. The van der Waals surface area contributed by atoms with Crippen LogP contribution in [0.15, 0.2) is 12.3 Å². The van der Waals surface area contributed by atoms with Gasteiger partial charge in [0.05, 0.1) is 6.04 Å². The van der Waals surface area contributed by atoms with Gasteiger partial charge in [0.1, 0.15) is 0 Å². The molecule has 1 heterocycles. The van der Waals surface area contributed by atoms with Gasteiger partial charge in [0.2, 0.25) is 10.4 Å². The number of urea groups is 1. The summed E-state index contributed by atoms with van der Waals surface area (Å²) in [5.41, 5.74) is 0. The highest BCUT2D eigenvalue weighted by Crippen LogP contribution is 2.11. The number of rotatable bonds is 2. The van der Waals surface area contributed by atoms with E-state index in [9.17, 15) is 4.79 Å². The van der Waals surface area contributed by atoms with Crippen molar-refractivity contribution in [1.29, 1.82) is 0 Å². The maximum atomic E-state index is 11.6. The molecule has 1 aliphatic heterocycles. The Balaban J connectivity index is 0. The zero-order chi connectivity index (χ0) is 13.6. The molecular weight excluding hydrogens is 248 g/mol. The second-order valence-corrected chi connectivity index (χ2v) is 4.22. The van der Waals surface area contributed by atoms with E-state index in [-0.39, 0.29) is 13.5 Å². The molecular formula is C9H18N2O5S. The first-order valence-electron chi connectivity index (χ1n) is 5.14. The average molecular weight is 266 g/mol. The van der Waals surface area contributed by atoms with Crippen LogP contribution in [0.3, 0.4) is 0 Å². The third kappa shape index (κ3) is 6.25. The minimum atomic E-state index is -4.92.